The molecule has 20 heavy (non-hydrogen) atoms. The number of carbonyl (C=O) groups excluding carboxylic acids is 1. The van der Waals surface area contributed by atoms with Gasteiger partial charge in [-0.1, -0.05) is 5.92 Å². The van der Waals surface area contributed by atoms with Crippen LogP contribution in [0.2, 0.25) is 0 Å². The summed E-state index contributed by atoms with van der Waals surface area (Å²) in [5, 5.41) is 11.7. The second-order valence-electron chi connectivity index (χ2n) is 3.95. The van der Waals surface area contributed by atoms with Gasteiger partial charge in [-0.05, 0) is 40.5 Å². The van der Waals surface area contributed by atoms with E-state index in [9.17, 15) is 4.79 Å². The van der Waals surface area contributed by atoms with Gasteiger partial charge in [0.25, 0.3) is 5.91 Å². The van der Waals surface area contributed by atoms with Gasteiger partial charge in [-0.3, -0.25) is 4.79 Å². The lowest BCUT2D eigenvalue weighted by molar-refractivity contribution is -0.127. The number of methoxy groups -OCH3 is 1. The topological polar surface area (TPSA) is 67.8 Å². The number of terminal acetylenes is 1. The molecule has 0 saturated heterocycles. The number of ether oxygens (including phenoxy) is 2. The zero-order valence-corrected chi connectivity index (χ0v) is 12.9. The van der Waals surface area contributed by atoms with Gasteiger partial charge in [0.1, 0.15) is 0 Å². The molecule has 0 aliphatic carbocycles. The number of aliphatic hydroxyl groups excluding tert-OH is 1. The van der Waals surface area contributed by atoms with Crippen LogP contribution in [0.5, 0.6) is 11.5 Å². The minimum atomic E-state index is -0.728. The molecular formula is C14H16BrNO4. The highest BCUT2D eigenvalue weighted by Crippen LogP contribution is 2.37. The molecule has 0 radical (unpaired) electrons. The van der Waals surface area contributed by atoms with Crippen molar-refractivity contribution in [3.05, 3.63) is 22.2 Å². The monoisotopic (exact) mass is 341 g/mol. The number of nitrogens with one attached hydrogen (secondary N) is 1. The Morgan fingerprint density at radius 1 is 1.60 bits per heavy atom. The SMILES string of the molecule is C#CCNC(=O)C(C)Oc1c(Br)cc(CO)cc1OC. The Morgan fingerprint density at radius 2 is 2.30 bits per heavy atom. The van der Waals surface area contributed by atoms with Crippen molar-refractivity contribution in [1.29, 1.82) is 0 Å². The van der Waals surface area contributed by atoms with Crippen LogP contribution in [0.3, 0.4) is 0 Å². The Kier molecular flexibility index (Phi) is 6.36. The van der Waals surface area contributed by atoms with Crippen LogP contribution in [-0.4, -0.2) is 30.8 Å². The molecule has 1 rings (SSSR count). The molecule has 0 aliphatic heterocycles. The molecule has 0 fully saturated rings. The van der Waals surface area contributed by atoms with Crippen LogP contribution in [0.4, 0.5) is 0 Å². The van der Waals surface area contributed by atoms with Gasteiger partial charge in [-0.25, -0.2) is 0 Å². The number of carbonyl (C=O) groups is 1. The lowest BCUT2D eigenvalue weighted by atomic mass is 10.2. The summed E-state index contributed by atoms with van der Waals surface area (Å²) < 4.78 is 11.4. The van der Waals surface area contributed by atoms with Crippen molar-refractivity contribution < 1.29 is 19.4 Å². The summed E-state index contributed by atoms with van der Waals surface area (Å²) in [6, 6.07) is 3.34. The Labute approximate surface area is 126 Å². The smallest absolute Gasteiger partial charge is 0.261 e. The van der Waals surface area contributed by atoms with Crippen molar-refractivity contribution in [2.24, 2.45) is 0 Å². The maximum Gasteiger partial charge on any atom is 0.261 e. The highest BCUT2D eigenvalue weighted by Gasteiger charge is 2.19. The minimum absolute atomic E-state index is 0.118. The van der Waals surface area contributed by atoms with Gasteiger partial charge in [0, 0.05) is 0 Å². The third kappa shape index (κ3) is 4.15. The molecule has 0 heterocycles. The van der Waals surface area contributed by atoms with E-state index < -0.39 is 6.10 Å². The van der Waals surface area contributed by atoms with E-state index in [4.69, 9.17) is 21.0 Å². The molecule has 6 heteroatoms. The molecule has 1 aromatic rings. The second-order valence-corrected chi connectivity index (χ2v) is 4.80. The van der Waals surface area contributed by atoms with Crippen LogP contribution >= 0.6 is 15.9 Å². The summed E-state index contributed by atoms with van der Waals surface area (Å²) >= 11 is 3.33. The maximum absolute atomic E-state index is 11.7. The highest BCUT2D eigenvalue weighted by atomic mass is 79.9. The van der Waals surface area contributed by atoms with Crippen molar-refractivity contribution in [1.82, 2.24) is 5.32 Å². The summed E-state index contributed by atoms with van der Waals surface area (Å²) in [5.41, 5.74) is 0.672. The molecule has 1 atom stereocenters. The molecule has 0 saturated carbocycles. The maximum atomic E-state index is 11.7. The quantitative estimate of drug-likeness (QED) is 0.769. The van der Waals surface area contributed by atoms with Gasteiger partial charge in [-0.15, -0.1) is 6.42 Å². The first-order valence-electron chi connectivity index (χ1n) is 5.88. The van der Waals surface area contributed by atoms with Crippen molar-refractivity contribution in [3.8, 4) is 23.8 Å². The summed E-state index contributed by atoms with van der Waals surface area (Å²) in [7, 11) is 1.48. The van der Waals surface area contributed by atoms with E-state index in [1.165, 1.54) is 7.11 Å². The van der Waals surface area contributed by atoms with E-state index in [0.29, 0.717) is 21.5 Å². The molecule has 108 valence electrons. The van der Waals surface area contributed by atoms with Crippen LogP contribution in [-0.2, 0) is 11.4 Å². The largest absolute Gasteiger partial charge is 0.493 e. The number of rotatable bonds is 6. The zero-order valence-electron chi connectivity index (χ0n) is 11.3. The number of halogens is 1. The average molecular weight is 342 g/mol. The van der Waals surface area contributed by atoms with Gasteiger partial charge >= 0.3 is 0 Å². The molecule has 0 bridgehead atoms. The molecule has 0 spiro atoms. The van der Waals surface area contributed by atoms with Crippen molar-refractivity contribution in [3.63, 3.8) is 0 Å². The summed E-state index contributed by atoms with van der Waals surface area (Å²) in [6.45, 7) is 1.64. The lowest BCUT2D eigenvalue weighted by Gasteiger charge is -2.18. The second kappa shape index (κ2) is 7.78. The van der Waals surface area contributed by atoms with Crippen LogP contribution in [0, 0.1) is 12.3 Å². The Morgan fingerprint density at radius 3 is 2.85 bits per heavy atom. The first-order chi connectivity index (χ1) is 9.53. The molecule has 0 aromatic heterocycles. The Hall–Kier alpha value is -1.71. The Balaban J connectivity index is 2.91. The number of aliphatic hydroxyl groups is 1. The molecule has 5 nitrogen and oxygen atoms in total. The zero-order chi connectivity index (χ0) is 15.1. The predicted octanol–water partition coefficient (Wildman–Crippen LogP) is 1.47. The fourth-order valence-electron chi connectivity index (χ4n) is 1.49. The summed E-state index contributed by atoms with van der Waals surface area (Å²) in [4.78, 5) is 11.7. The highest BCUT2D eigenvalue weighted by molar-refractivity contribution is 9.10. The van der Waals surface area contributed by atoms with Gasteiger partial charge in [0.05, 0.1) is 24.7 Å². The van der Waals surface area contributed by atoms with Gasteiger partial charge in [-0.2, -0.15) is 0 Å². The van der Waals surface area contributed by atoms with E-state index in [1.807, 2.05) is 0 Å². The minimum Gasteiger partial charge on any atom is -0.493 e. The van der Waals surface area contributed by atoms with Crippen LogP contribution < -0.4 is 14.8 Å². The van der Waals surface area contributed by atoms with Gasteiger partial charge in [0.2, 0.25) is 0 Å². The van der Waals surface area contributed by atoms with E-state index in [-0.39, 0.29) is 19.1 Å². The fraction of sp³-hybridized carbons (Fsp3) is 0.357. The van der Waals surface area contributed by atoms with E-state index in [2.05, 4.69) is 27.2 Å². The van der Waals surface area contributed by atoms with Crippen molar-refractivity contribution >= 4 is 21.8 Å². The van der Waals surface area contributed by atoms with Gasteiger partial charge < -0.3 is 19.9 Å². The molecular weight excluding hydrogens is 326 g/mol. The van der Waals surface area contributed by atoms with E-state index in [0.717, 1.165) is 0 Å². The van der Waals surface area contributed by atoms with Gasteiger partial charge in [0.15, 0.2) is 17.6 Å². The van der Waals surface area contributed by atoms with Crippen molar-refractivity contribution in [2.45, 2.75) is 19.6 Å². The number of hydrogen-bond acceptors (Lipinski definition) is 4. The third-order valence-corrected chi connectivity index (χ3v) is 3.09. The molecule has 1 unspecified atom stereocenters. The first-order valence-corrected chi connectivity index (χ1v) is 6.67. The molecule has 1 aromatic carbocycles. The molecule has 0 aliphatic rings. The molecule has 1 amide bonds. The van der Waals surface area contributed by atoms with E-state index in [1.54, 1.807) is 19.1 Å². The normalized spacial score (nSPS) is 11.3. The molecule has 2 N–H and O–H groups in total. The lowest BCUT2D eigenvalue weighted by Crippen LogP contribution is -2.36. The van der Waals surface area contributed by atoms with Crippen LogP contribution in [0.25, 0.3) is 0 Å². The number of amides is 1. The first kappa shape index (κ1) is 16.3. The summed E-state index contributed by atoms with van der Waals surface area (Å²) in [6.07, 6.45) is 4.35. The fourth-order valence-corrected chi connectivity index (χ4v) is 2.07. The van der Waals surface area contributed by atoms with Crippen molar-refractivity contribution in [2.75, 3.05) is 13.7 Å². The summed E-state index contributed by atoms with van der Waals surface area (Å²) in [5.74, 6) is 2.83. The number of benzene rings is 1. The average Bonchev–Trinajstić information content (AvgIpc) is 2.46. The standard InChI is InChI=1S/C14H16BrNO4/c1-4-5-16-14(18)9(2)20-13-11(15)6-10(8-17)7-12(13)19-3/h1,6-7,9,17H,5,8H2,2-3H3,(H,16,18). The van der Waals surface area contributed by atoms with Crippen LogP contribution in [0.15, 0.2) is 16.6 Å². The third-order valence-electron chi connectivity index (χ3n) is 2.50. The predicted molar refractivity (Wildman–Crippen MR) is 78.5 cm³/mol. The van der Waals surface area contributed by atoms with E-state index >= 15 is 0 Å². The van der Waals surface area contributed by atoms with Crippen LogP contribution in [0.1, 0.15) is 12.5 Å². The Bertz CT molecular complexity index is 525. The number of hydrogen-bond donors (Lipinski definition) is 2.